The Morgan fingerprint density at radius 1 is 1.26 bits per heavy atom. The van der Waals surface area contributed by atoms with Crippen molar-refractivity contribution in [2.24, 2.45) is 5.92 Å². The molecule has 1 unspecified atom stereocenters. The van der Waals surface area contributed by atoms with Crippen LogP contribution in [0, 0.1) is 5.92 Å². The number of anilines is 1. The zero-order chi connectivity index (χ0) is 14.3. The molecule has 0 aromatic heterocycles. The summed E-state index contributed by atoms with van der Waals surface area (Å²) in [5.41, 5.74) is 0.916. The number of thiocarbonyl (C=S) groups is 1. The van der Waals surface area contributed by atoms with E-state index in [1.165, 1.54) is 12.8 Å². The third-order valence-corrected chi connectivity index (χ3v) is 3.33. The van der Waals surface area contributed by atoms with Gasteiger partial charge >= 0.3 is 0 Å². The largest absolute Gasteiger partial charge is 0.360 e. The number of rotatable bonds is 6. The van der Waals surface area contributed by atoms with Gasteiger partial charge in [0.25, 0.3) is 0 Å². The first-order valence-corrected chi connectivity index (χ1v) is 7.59. The molecule has 106 valence electrons. The van der Waals surface area contributed by atoms with E-state index in [1.807, 2.05) is 24.3 Å². The first kappa shape index (κ1) is 16.3. The zero-order valence-electron chi connectivity index (χ0n) is 11.9. The molecule has 0 aliphatic rings. The standard InChI is InChI=1S/C15H23ClN2S/c1-11(2)6-4-7-12(3)17-15(19)18-14-9-5-8-13(16)10-14/h5,8-12H,4,6-7H2,1-3H3,(H2,17,18,19). The lowest BCUT2D eigenvalue weighted by Gasteiger charge is -2.17. The molecule has 1 atom stereocenters. The Kier molecular flexibility index (Phi) is 7.17. The molecule has 0 saturated carbocycles. The van der Waals surface area contributed by atoms with Crippen molar-refractivity contribution in [2.45, 2.75) is 46.1 Å². The summed E-state index contributed by atoms with van der Waals surface area (Å²) in [7, 11) is 0. The maximum Gasteiger partial charge on any atom is 0.170 e. The Hall–Kier alpha value is -0.800. The average molecular weight is 299 g/mol. The maximum atomic E-state index is 5.93. The van der Waals surface area contributed by atoms with Crippen LogP contribution in [0.15, 0.2) is 24.3 Å². The molecule has 0 amide bonds. The molecule has 0 radical (unpaired) electrons. The lowest BCUT2D eigenvalue weighted by molar-refractivity contribution is 0.495. The SMILES string of the molecule is CC(C)CCCC(C)NC(=S)Nc1cccc(Cl)c1. The van der Waals surface area contributed by atoms with Gasteiger partial charge in [-0.2, -0.15) is 0 Å². The number of hydrogen-bond donors (Lipinski definition) is 2. The normalized spacial score (nSPS) is 12.3. The monoisotopic (exact) mass is 298 g/mol. The van der Waals surface area contributed by atoms with Gasteiger partial charge in [0.1, 0.15) is 0 Å². The van der Waals surface area contributed by atoms with E-state index in [1.54, 1.807) is 0 Å². The van der Waals surface area contributed by atoms with Gasteiger partial charge in [0.2, 0.25) is 0 Å². The summed E-state index contributed by atoms with van der Waals surface area (Å²) >= 11 is 11.2. The molecule has 0 aliphatic carbocycles. The molecule has 0 spiro atoms. The summed E-state index contributed by atoms with van der Waals surface area (Å²) in [5.74, 6) is 0.767. The smallest absolute Gasteiger partial charge is 0.170 e. The summed E-state index contributed by atoms with van der Waals surface area (Å²) in [6, 6.07) is 7.94. The number of benzene rings is 1. The fourth-order valence-electron chi connectivity index (χ4n) is 1.86. The molecule has 0 aliphatic heterocycles. The van der Waals surface area contributed by atoms with Crippen LogP contribution in [0.3, 0.4) is 0 Å². The molecule has 4 heteroatoms. The molecule has 1 rings (SSSR count). The second-order valence-electron chi connectivity index (χ2n) is 5.33. The van der Waals surface area contributed by atoms with E-state index >= 15 is 0 Å². The van der Waals surface area contributed by atoms with E-state index in [2.05, 4.69) is 31.4 Å². The predicted octanol–water partition coefficient (Wildman–Crippen LogP) is 4.84. The van der Waals surface area contributed by atoms with Crippen molar-refractivity contribution in [2.75, 3.05) is 5.32 Å². The second-order valence-corrected chi connectivity index (χ2v) is 6.18. The van der Waals surface area contributed by atoms with Gasteiger partial charge in [0.05, 0.1) is 0 Å². The highest BCUT2D eigenvalue weighted by atomic mass is 35.5. The van der Waals surface area contributed by atoms with E-state index < -0.39 is 0 Å². The van der Waals surface area contributed by atoms with Crippen LogP contribution < -0.4 is 10.6 Å². The van der Waals surface area contributed by atoms with E-state index in [9.17, 15) is 0 Å². The molecule has 0 heterocycles. The zero-order valence-corrected chi connectivity index (χ0v) is 13.4. The molecule has 19 heavy (non-hydrogen) atoms. The Bertz CT molecular complexity index is 407. The van der Waals surface area contributed by atoms with Gasteiger partial charge in [-0.3, -0.25) is 0 Å². The van der Waals surface area contributed by atoms with Crippen LogP contribution >= 0.6 is 23.8 Å². The van der Waals surface area contributed by atoms with Crippen LogP contribution in [-0.2, 0) is 0 Å². The summed E-state index contributed by atoms with van der Waals surface area (Å²) in [6.07, 6.45) is 3.63. The van der Waals surface area contributed by atoms with Crippen molar-refractivity contribution in [3.8, 4) is 0 Å². The molecular formula is C15H23ClN2S. The van der Waals surface area contributed by atoms with E-state index in [4.69, 9.17) is 23.8 Å². The number of halogens is 1. The highest BCUT2D eigenvalue weighted by Gasteiger charge is 2.05. The molecule has 2 nitrogen and oxygen atoms in total. The van der Waals surface area contributed by atoms with E-state index in [-0.39, 0.29) is 0 Å². The van der Waals surface area contributed by atoms with Crippen molar-refractivity contribution in [3.63, 3.8) is 0 Å². The number of nitrogens with one attached hydrogen (secondary N) is 2. The molecule has 2 N–H and O–H groups in total. The van der Waals surface area contributed by atoms with Crippen LogP contribution in [0.5, 0.6) is 0 Å². The van der Waals surface area contributed by atoms with Crippen LogP contribution in [0.2, 0.25) is 5.02 Å². The van der Waals surface area contributed by atoms with Crippen molar-refractivity contribution in [1.82, 2.24) is 5.32 Å². The van der Waals surface area contributed by atoms with Gasteiger partial charge in [0.15, 0.2) is 5.11 Å². The summed E-state index contributed by atoms with van der Waals surface area (Å²) in [6.45, 7) is 6.67. The molecule has 0 saturated heterocycles. The highest BCUT2D eigenvalue weighted by Crippen LogP contribution is 2.15. The van der Waals surface area contributed by atoms with Crippen molar-refractivity contribution < 1.29 is 0 Å². The van der Waals surface area contributed by atoms with Gasteiger partial charge < -0.3 is 10.6 Å². The quantitative estimate of drug-likeness (QED) is 0.735. The van der Waals surface area contributed by atoms with Gasteiger partial charge in [-0.05, 0) is 49.7 Å². The third kappa shape index (κ3) is 7.38. The summed E-state index contributed by atoms with van der Waals surface area (Å²) < 4.78 is 0. The van der Waals surface area contributed by atoms with Crippen molar-refractivity contribution in [1.29, 1.82) is 0 Å². The minimum Gasteiger partial charge on any atom is -0.360 e. The Morgan fingerprint density at radius 2 is 2.00 bits per heavy atom. The fraction of sp³-hybridized carbons (Fsp3) is 0.533. The molecule has 0 fully saturated rings. The molecule has 1 aromatic rings. The Morgan fingerprint density at radius 3 is 2.63 bits per heavy atom. The van der Waals surface area contributed by atoms with Gasteiger partial charge in [-0.15, -0.1) is 0 Å². The minimum absolute atomic E-state index is 0.387. The van der Waals surface area contributed by atoms with Gasteiger partial charge in [0, 0.05) is 16.8 Å². The number of hydrogen-bond acceptors (Lipinski definition) is 1. The molecule has 0 bridgehead atoms. The molecular weight excluding hydrogens is 276 g/mol. The average Bonchev–Trinajstić information content (AvgIpc) is 2.27. The van der Waals surface area contributed by atoms with E-state index in [0.29, 0.717) is 16.2 Å². The van der Waals surface area contributed by atoms with Crippen LogP contribution in [-0.4, -0.2) is 11.2 Å². The Balaban J connectivity index is 2.30. The van der Waals surface area contributed by atoms with Crippen molar-refractivity contribution >= 4 is 34.6 Å². The minimum atomic E-state index is 0.387. The molecule has 1 aromatic carbocycles. The van der Waals surface area contributed by atoms with Crippen molar-refractivity contribution in [3.05, 3.63) is 29.3 Å². The lowest BCUT2D eigenvalue weighted by Crippen LogP contribution is -2.35. The summed E-state index contributed by atoms with van der Waals surface area (Å²) in [5, 5.41) is 7.81. The van der Waals surface area contributed by atoms with Gasteiger partial charge in [-0.25, -0.2) is 0 Å². The maximum absolute atomic E-state index is 5.93. The van der Waals surface area contributed by atoms with Crippen LogP contribution in [0.1, 0.15) is 40.0 Å². The first-order valence-electron chi connectivity index (χ1n) is 6.80. The Labute approximate surface area is 126 Å². The lowest BCUT2D eigenvalue weighted by atomic mass is 10.0. The van der Waals surface area contributed by atoms with Gasteiger partial charge in [-0.1, -0.05) is 44.4 Å². The van der Waals surface area contributed by atoms with Crippen LogP contribution in [0.4, 0.5) is 5.69 Å². The first-order chi connectivity index (χ1) is 8.97. The summed E-state index contributed by atoms with van der Waals surface area (Å²) in [4.78, 5) is 0. The third-order valence-electron chi connectivity index (χ3n) is 2.88. The highest BCUT2D eigenvalue weighted by molar-refractivity contribution is 7.80. The van der Waals surface area contributed by atoms with Crippen LogP contribution in [0.25, 0.3) is 0 Å². The topological polar surface area (TPSA) is 24.1 Å². The fourth-order valence-corrected chi connectivity index (χ4v) is 2.37. The van der Waals surface area contributed by atoms with E-state index in [0.717, 1.165) is 18.0 Å². The second kappa shape index (κ2) is 8.39. The predicted molar refractivity (Wildman–Crippen MR) is 89.0 cm³/mol.